The lowest BCUT2D eigenvalue weighted by atomic mass is 9.71. The van der Waals surface area contributed by atoms with Crippen molar-refractivity contribution in [2.45, 2.75) is 51.2 Å². The standard InChI is InChI=1S/C20H27FN2O.C2HF3O2/c21-18-3-1-2-16(14-18)15-22-10-6-20(7-11-22)8-12-23(13-9-20)19(24)17-4-5-17;3-2(4,5)1(6)7/h1-3,14,17H,4-13,15H2;(H,6,7). The number of aliphatic carboxylic acids is 1. The van der Waals surface area contributed by atoms with E-state index in [-0.39, 0.29) is 5.82 Å². The van der Waals surface area contributed by atoms with E-state index in [4.69, 9.17) is 9.90 Å². The van der Waals surface area contributed by atoms with Crippen molar-refractivity contribution >= 4 is 11.9 Å². The summed E-state index contributed by atoms with van der Waals surface area (Å²) >= 11 is 0. The Kier molecular flexibility index (Phi) is 7.24. The molecular formula is C22H28F4N2O3. The van der Waals surface area contributed by atoms with Crippen LogP contribution in [0.15, 0.2) is 24.3 Å². The van der Waals surface area contributed by atoms with E-state index in [1.165, 1.54) is 31.7 Å². The van der Waals surface area contributed by atoms with Gasteiger partial charge in [-0.15, -0.1) is 0 Å². The van der Waals surface area contributed by atoms with Gasteiger partial charge in [0.15, 0.2) is 0 Å². The van der Waals surface area contributed by atoms with E-state index < -0.39 is 12.1 Å². The molecule has 2 saturated heterocycles. The topological polar surface area (TPSA) is 60.9 Å². The average Bonchev–Trinajstić information content (AvgIpc) is 3.55. The van der Waals surface area contributed by atoms with Crippen molar-refractivity contribution in [1.29, 1.82) is 0 Å². The number of hydrogen-bond acceptors (Lipinski definition) is 3. The Morgan fingerprint density at radius 3 is 2.06 bits per heavy atom. The smallest absolute Gasteiger partial charge is 0.475 e. The normalized spacial score (nSPS) is 21.4. The quantitative estimate of drug-likeness (QED) is 0.714. The van der Waals surface area contributed by atoms with Crippen LogP contribution in [-0.4, -0.2) is 59.1 Å². The van der Waals surface area contributed by atoms with Crippen LogP contribution in [0, 0.1) is 17.2 Å². The lowest BCUT2D eigenvalue weighted by molar-refractivity contribution is -0.192. The highest BCUT2D eigenvalue weighted by Crippen LogP contribution is 2.42. The van der Waals surface area contributed by atoms with E-state index in [1.54, 1.807) is 12.1 Å². The van der Waals surface area contributed by atoms with Crippen molar-refractivity contribution in [2.75, 3.05) is 26.2 Å². The number of carboxylic acids is 1. The van der Waals surface area contributed by atoms with Crippen LogP contribution in [0.5, 0.6) is 0 Å². The lowest BCUT2D eigenvalue weighted by Crippen LogP contribution is -2.48. The maximum absolute atomic E-state index is 13.3. The van der Waals surface area contributed by atoms with E-state index in [2.05, 4.69) is 9.80 Å². The molecule has 172 valence electrons. The molecular weight excluding hydrogens is 416 g/mol. The van der Waals surface area contributed by atoms with Crippen molar-refractivity contribution in [3.63, 3.8) is 0 Å². The molecule has 2 heterocycles. The first-order valence-corrected chi connectivity index (χ1v) is 10.6. The first-order valence-electron chi connectivity index (χ1n) is 10.6. The number of benzene rings is 1. The van der Waals surface area contributed by atoms with Crippen LogP contribution in [0.3, 0.4) is 0 Å². The lowest BCUT2D eigenvalue weighted by Gasteiger charge is -2.47. The van der Waals surface area contributed by atoms with Gasteiger partial charge in [-0.25, -0.2) is 9.18 Å². The molecule has 1 amide bonds. The molecule has 3 aliphatic rings. The SMILES string of the molecule is O=C(C1CC1)N1CCC2(CCN(Cc3cccc(F)c3)CC2)CC1.O=C(O)C(F)(F)F. The number of amides is 1. The van der Waals surface area contributed by atoms with Crippen molar-refractivity contribution in [3.05, 3.63) is 35.6 Å². The van der Waals surface area contributed by atoms with Gasteiger partial charge in [0.05, 0.1) is 0 Å². The third kappa shape index (κ3) is 6.66. The number of piperidine rings is 2. The van der Waals surface area contributed by atoms with E-state index >= 15 is 0 Å². The first kappa shape index (κ1) is 23.5. The van der Waals surface area contributed by atoms with Crippen LogP contribution in [0.1, 0.15) is 44.1 Å². The second-order valence-corrected chi connectivity index (χ2v) is 8.81. The summed E-state index contributed by atoms with van der Waals surface area (Å²) < 4.78 is 45.1. The highest BCUT2D eigenvalue weighted by molar-refractivity contribution is 5.81. The number of alkyl halides is 3. The highest BCUT2D eigenvalue weighted by atomic mass is 19.4. The molecule has 1 saturated carbocycles. The van der Waals surface area contributed by atoms with Gasteiger partial charge in [0, 0.05) is 25.6 Å². The van der Waals surface area contributed by atoms with Gasteiger partial charge in [0.25, 0.3) is 0 Å². The van der Waals surface area contributed by atoms with Gasteiger partial charge in [-0.3, -0.25) is 9.69 Å². The predicted molar refractivity (Wildman–Crippen MR) is 106 cm³/mol. The van der Waals surface area contributed by atoms with Gasteiger partial charge < -0.3 is 10.0 Å². The zero-order chi connectivity index (χ0) is 22.6. The van der Waals surface area contributed by atoms with Crippen molar-refractivity contribution in [2.24, 2.45) is 11.3 Å². The maximum atomic E-state index is 13.3. The molecule has 1 N–H and O–H groups in total. The van der Waals surface area contributed by atoms with Crippen LogP contribution in [0.2, 0.25) is 0 Å². The van der Waals surface area contributed by atoms with E-state index in [9.17, 15) is 22.4 Å². The van der Waals surface area contributed by atoms with E-state index in [0.29, 0.717) is 17.2 Å². The van der Waals surface area contributed by atoms with Crippen LogP contribution in [-0.2, 0) is 16.1 Å². The fourth-order valence-electron chi connectivity index (χ4n) is 4.37. The van der Waals surface area contributed by atoms with E-state index in [1.807, 2.05) is 6.07 Å². The fraction of sp³-hybridized carbons (Fsp3) is 0.636. The Morgan fingerprint density at radius 2 is 1.58 bits per heavy atom. The Hall–Kier alpha value is -2.16. The Bertz CT molecular complexity index is 777. The zero-order valence-electron chi connectivity index (χ0n) is 17.3. The van der Waals surface area contributed by atoms with Gasteiger partial charge in [-0.2, -0.15) is 13.2 Å². The molecule has 4 rings (SSSR count). The van der Waals surface area contributed by atoms with Crippen LogP contribution in [0.4, 0.5) is 17.6 Å². The molecule has 0 unspecified atom stereocenters. The van der Waals surface area contributed by atoms with Crippen LogP contribution >= 0.6 is 0 Å². The van der Waals surface area contributed by atoms with Gasteiger partial charge in [0.1, 0.15) is 5.82 Å². The molecule has 0 aromatic heterocycles. The molecule has 1 aromatic carbocycles. The summed E-state index contributed by atoms with van der Waals surface area (Å²) in [5.74, 6) is -2.14. The second-order valence-electron chi connectivity index (χ2n) is 8.81. The molecule has 9 heteroatoms. The minimum absolute atomic E-state index is 0.145. The number of halogens is 4. The minimum Gasteiger partial charge on any atom is -0.475 e. The monoisotopic (exact) mass is 444 g/mol. The summed E-state index contributed by atoms with van der Waals surface area (Å²) in [6, 6.07) is 6.95. The molecule has 3 fully saturated rings. The predicted octanol–water partition coefficient (Wildman–Crippen LogP) is 4.07. The van der Waals surface area contributed by atoms with Gasteiger partial charge in [0.2, 0.25) is 5.91 Å². The number of rotatable bonds is 3. The molecule has 0 bridgehead atoms. The molecule has 1 aliphatic carbocycles. The Labute approximate surface area is 179 Å². The number of likely N-dealkylation sites (tertiary alicyclic amines) is 2. The molecule has 2 aliphatic heterocycles. The third-order valence-corrected chi connectivity index (χ3v) is 6.52. The Balaban J connectivity index is 0.000000339. The van der Waals surface area contributed by atoms with Crippen LogP contribution < -0.4 is 0 Å². The van der Waals surface area contributed by atoms with Gasteiger partial charge >= 0.3 is 12.1 Å². The number of carbonyl (C=O) groups is 2. The average molecular weight is 444 g/mol. The van der Waals surface area contributed by atoms with E-state index in [0.717, 1.165) is 51.1 Å². The minimum atomic E-state index is -5.08. The number of carbonyl (C=O) groups excluding carboxylic acids is 1. The number of carboxylic acid groups (broad SMARTS) is 1. The third-order valence-electron chi connectivity index (χ3n) is 6.52. The second kappa shape index (κ2) is 9.54. The summed E-state index contributed by atoms with van der Waals surface area (Å²) in [7, 11) is 0. The van der Waals surface area contributed by atoms with Crippen molar-refractivity contribution in [3.8, 4) is 0 Å². The number of hydrogen-bond donors (Lipinski definition) is 1. The Morgan fingerprint density at radius 1 is 1.03 bits per heavy atom. The molecule has 0 radical (unpaired) electrons. The summed E-state index contributed by atoms with van der Waals surface area (Å²) in [6.07, 6.45) is 1.89. The molecule has 0 atom stereocenters. The fourth-order valence-corrected chi connectivity index (χ4v) is 4.37. The van der Waals surface area contributed by atoms with Gasteiger partial charge in [-0.05, 0) is 74.7 Å². The van der Waals surface area contributed by atoms with Crippen LogP contribution in [0.25, 0.3) is 0 Å². The highest BCUT2D eigenvalue weighted by Gasteiger charge is 2.41. The van der Waals surface area contributed by atoms with Crippen molar-refractivity contribution < 1.29 is 32.3 Å². The van der Waals surface area contributed by atoms with Crippen molar-refractivity contribution in [1.82, 2.24) is 9.80 Å². The summed E-state index contributed by atoms with van der Waals surface area (Å²) in [6.45, 7) is 4.94. The van der Waals surface area contributed by atoms with Gasteiger partial charge in [-0.1, -0.05) is 12.1 Å². The molecule has 1 spiro atoms. The maximum Gasteiger partial charge on any atom is 0.490 e. The summed E-state index contributed by atoms with van der Waals surface area (Å²) in [4.78, 5) is 25.7. The zero-order valence-corrected chi connectivity index (χ0v) is 17.3. The summed E-state index contributed by atoms with van der Waals surface area (Å²) in [5, 5.41) is 7.12. The summed E-state index contributed by atoms with van der Waals surface area (Å²) in [5.41, 5.74) is 1.51. The largest absolute Gasteiger partial charge is 0.490 e. The number of nitrogens with zero attached hydrogens (tertiary/aromatic N) is 2. The first-order chi connectivity index (χ1) is 14.6. The molecule has 1 aromatic rings. The molecule has 31 heavy (non-hydrogen) atoms. The molecule has 5 nitrogen and oxygen atoms in total.